The van der Waals surface area contributed by atoms with Gasteiger partial charge in [-0.15, -0.1) is 11.3 Å². The molecule has 0 spiro atoms. The molecule has 0 radical (unpaired) electrons. The first kappa shape index (κ1) is 19.0. The van der Waals surface area contributed by atoms with E-state index in [9.17, 15) is 4.79 Å². The molecule has 0 N–H and O–H groups in total. The van der Waals surface area contributed by atoms with Crippen LogP contribution in [0.5, 0.6) is 0 Å². The van der Waals surface area contributed by atoms with Crippen molar-refractivity contribution in [2.75, 3.05) is 11.5 Å². The lowest BCUT2D eigenvalue weighted by Crippen LogP contribution is -2.07. The molecule has 4 aromatic rings. The van der Waals surface area contributed by atoms with Crippen LogP contribution in [0.25, 0.3) is 10.4 Å². The molecular weight excluding hydrogens is 378 g/mol. The number of nitrogens with zero attached hydrogens (tertiary/aromatic N) is 1. The van der Waals surface area contributed by atoms with Gasteiger partial charge in [0.25, 0.3) is 0 Å². The second-order valence-corrected chi connectivity index (χ2v) is 7.50. The van der Waals surface area contributed by atoms with Gasteiger partial charge in [0.1, 0.15) is 5.00 Å². The van der Waals surface area contributed by atoms with Crippen molar-refractivity contribution in [2.24, 2.45) is 0 Å². The number of hydrogen-bond acceptors (Lipinski definition) is 4. The molecule has 4 heteroatoms. The average molecular weight is 400 g/mol. The molecule has 4 rings (SSSR count). The first-order valence-corrected chi connectivity index (χ1v) is 10.4. The van der Waals surface area contributed by atoms with Crippen molar-refractivity contribution in [3.8, 4) is 10.4 Å². The lowest BCUT2D eigenvalue weighted by Gasteiger charge is -2.23. The van der Waals surface area contributed by atoms with Gasteiger partial charge >= 0.3 is 5.97 Å². The molecule has 0 saturated heterocycles. The first-order valence-electron chi connectivity index (χ1n) is 9.54. The summed E-state index contributed by atoms with van der Waals surface area (Å²) in [5.41, 5.74) is 3.88. The molecule has 1 aromatic heterocycles. The average Bonchev–Trinajstić information content (AvgIpc) is 3.25. The molecule has 29 heavy (non-hydrogen) atoms. The normalized spacial score (nSPS) is 10.5. The van der Waals surface area contributed by atoms with E-state index >= 15 is 0 Å². The van der Waals surface area contributed by atoms with Gasteiger partial charge in [0.15, 0.2) is 0 Å². The summed E-state index contributed by atoms with van der Waals surface area (Å²) in [6.07, 6.45) is 0. The topological polar surface area (TPSA) is 29.5 Å². The van der Waals surface area contributed by atoms with Gasteiger partial charge in [-0.2, -0.15) is 0 Å². The van der Waals surface area contributed by atoms with Crippen LogP contribution in [0.4, 0.5) is 16.4 Å². The third kappa shape index (κ3) is 4.23. The van der Waals surface area contributed by atoms with Crippen LogP contribution in [-0.4, -0.2) is 12.6 Å². The van der Waals surface area contributed by atoms with Crippen LogP contribution in [0, 0.1) is 0 Å². The zero-order valence-electron chi connectivity index (χ0n) is 16.1. The highest BCUT2D eigenvalue weighted by atomic mass is 32.1. The van der Waals surface area contributed by atoms with Gasteiger partial charge in [0.2, 0.25) is 0 Å². The number of hydrogen-bond donors (Lipinski definition) is 0. The SMILES string of the molecule is CCOC(=O)c1ccc(-c2ccc(N(c3ccccc3)c3ccccc3)s2)cc1. The lowest BCUT2D eigenvalue weighted by molar-refractivity contribution is 0.0526. The van der Waals surface area contributed by atoms with E-state index in [1.54, 1.807) is 11.3 Å². The molecule has 3 nitrogen and oxygen atoms in total. The largest absolute Gasteiger partial charge is 0.462 e. The fraction of sp³-hybridized carbons (Fsp3) is 0.0800. The fourth-order valence-electron chi connectivity index (χ4n) is 3.15. The molecule has 0 bridgehead atoms. The number of esters is 1. The van der Waals surface area contributed by atoms with Crippen LogP contribution in [0.15, 0.2) is 97.1 Å². The molecule has 0 atom stereocenters. The van der Waals surface area contributed by atoms with Crippen molar-refractivity contribution in [3.63, 3.8) is 0 Å². The van der Waals surface area contributed by atoms with Crippen molar-refractivity contribution in [2.45, 2.75) is 6.92 Å². The van der Waals surface area contributed by atoms with Crippen molar-refractivity contribution < 1.29 is 9.53 Å². The van der Waals surface area contributed by atoms with E-state index in [4.69, 9.17) is 4.74 Å². The van der Waals surface area contributed by atoms with Gasteiger partial charge in [0, 0.05) is 16.3 Å². The Kier molecular flexibility index (Phi) is 5.73. The van der Waals surface area contributed by atoms with Crippen LogP contribution in [-0.2, 0) is 4.74 Å². The smallest absolute Gasteiger partial charge is 0.338 e. The number of para-hydroxylation sites is 2. The number of anilines is 3. The van der Waals surface area contributed by atoms with Gasteiger partial charge in [0.05, 0.1) is 12.2 Å². The first-order chi connectivity index (χ1) is 14.3. The number of thiophene rings is 1. The third-order valence-electron chi connectivity index (χ3n) is 4.52. The molecule has 0 aliphatic rings. The summed E-state index contributed by atoms with van der Waals surface area (Å²) in [5.74, 6) is -0.287. The fourth-order valence-corrected chi connectivity index (χ4v) is 4.20. The summed E-state index contributed by atoms with van der Waals surface area (Å²) in [5, 5.41) is 1.13. The maximum atomic E-state index is 11.9. The molecule has 0 aliphatic heterocycles. The van der Waals surface area contributed by atoms with Crippen molar-refractivity contribution in [1.29, 1.82) is 0 Å². The highest BCUT2D eigenvalue weighted by Gasteiger charge is 2.15. The lowest BCUT2D eigenvalue weighted by atomic mass is 10.1. The summed E-state index contributed by atoms with van der Waals surface area (Å²) in [7, 11) is 0. The Balaban J connectivity index is 1.67. The van der Waals surface area contributed by atoms with Crippen molar-refractivity contribution >= 4 is 33.7 Å². The predicted octanol–water partition coefficient (Wildman–Crippen LogP) is 7.06. The van der Waals surface area contributed by atoms with E-state index in [0.29, 0.717) is 12.2 Å². The summed E-state index contributed by atoms with van der Waals surface area (Å²) >= 11 is 1.72. The number of carbonyl (C=O) groups is 1. The quantitative estimate of drug-likeness (QED) is 0.325. The van der Waals surface area contributed by atoms with Gasteiger partial charge in [-0.1, -0.05) is 48.5 Å². The Morgan fingerprint density at radius 2 is 1.38 bits per heavy atom. The van der Waals surface area contributed by atoms with Gasteiger partial charge in [-0.05, 0) is 61.0 Å². The van der Waals surface area contributed by atoms with Gasteiger partial charge < -0.3 is 9.64 Å². The van der Waals surface area contributed by atoms with Gasteiger partial charge in [-0.3, -0.25) is 0 Å². The van der Waals surface area contributed by atoms with Crippen LogP contribution >= 0.6 is 11.3 Å². The van der Waals surface area contributed by atoms with E-state index in [2.05, 4.69) is 41.3 Å². The zero-order valence-corrected chi connectivity index (χ0v) is 16.9. The number of ether oxygens (including phenoxy) is 1. The molecule has 0 unspecified atom stereocenters. The summed E-state index contributed by atoms with van der Waals surface area (Å²) < 4.78 is 5.06. The van der Waals surface area contributed by atoms with E-state index in [0.717, 1.165) is 26.8 Å². The second kappa shape index (κ2) is 8.76. The molecule has 0 saturated carbocycles. The Morgan fingerprint density at radius 3 is 1.93 bits per heavy atom. The minimum atomic E-state index is -0.287. The molecule has 0 fully saturated rings. The van der Waals surface area contributed by atoms with Crippen LogP contribution in [0.1, 0.15) is 17.3 Å². The van der Waals surface area contributed by atoms with Crippen LogP contribution in [0.2, 0.25) is 0 Å². The van der Waals surface area contributed by atoms with E-state index in [-0.39, 0.29) is 5.97 Å². The Morgan fingerprint density at radius 1 is 0.793 bits per heavy atom. The Hall–Kier alpha value is -3.37. The third-order valence-corrected chi connectivity index (χ3v) is 5.64. The van der Waals surface area contributed by atoms with Crippen molar-refractivity contribution in [1.82, 2.24) is 0 Å². The van der Waals surface area contributed by atoms with E-state index in [1.165, 1.54) is 0 Å². The minimum Gasteiger partial charge on any atom is -0.462 e. The number of carbonyl (C=O) groups excluding carboxylic acids is 1. The van der Waals surface area contributed by atoms with Crippen LogP contribution < -0.4 is 4.90 Å². The zero-order chi connectivity index (χ0) is 20.1. The number of rotatable bonds is 6. The second-order valence-electron chi connectivity index (χ2n) is 6.44. The Labute approximate surface area is 174 Å². The molecule has 0 amide bonds. The standard InChI is InChI=1S/C25H21NO2S/c1-2-28-25(27)20-15-13-19(14-16-20)23-17-18-24(29-23)26(21-9-5-3-6-10-21)22-11-7-4-8-12-22/h3-18H,2H2,1H3. The monoisotopic (exact) mass is 399 g/mol. The Bertz CT molecular complexity index is 1030. The van der Waals surface area contributed by atoms with Gasteiger partial charge in [-0.25, -0.2) is 4.79 Å². The molecule has 3 aromatic carbocycles. The maximum Gasteiger partial charge on any atom is 0.338 e. The number of benzene rings is 3. The van der Waals surface area contributed by atoms with Crippen molar-refractivity contribution in [3.05, 3.63) is 103 Å². The maximum absolute atomic E-state index is 11.9. The summed E-state index contributed by atoms with van der Waals surface area (Å²) in [4.78, 5) is 15.3. The molecule has 144 valence electrons. The predicted molar refractivity (Wildman–Crippen MR) is 120 cm³/mol. The minimum absolute atomic E-state index is 0.287. The summed E-state index contributed by atoms with van der Waals surface area (Å²) in [6.45, 7) is 2.19. The molecule has 0 aliphatic carbocycles. The molecule has 1 heterocycles. The molecular formula is C25H21NO2S. The van der Waals surface area contributed by atoms with E-state index in [1.807, 2.05) is 67.6 Å². The van der Waals surface area contributed by atoms with Crippen LogP contribution in [0.3, 0.4) is 0 Å². The van der Waals surface area contributed by atoms with E-state index < -0.39 is 0 Å². The highest BCUT2D eigenvalue weighted by molar-refractivity contribution is 7.19. The summed E-state index contributed by atoms with van der Waals surface area (Å²) in [6, 6.07) is 32.5. The highest BCUT2D eigenvalue weighted by Crippen LogP contribution is 2.41.